The molecule has 2 heterocycles. The fourth-order valence-corrected chi connectivity index (χ4v) is 5.62. The third kappa shape index (κ3) is 6.00. The largest absolute Gasteiger partial charge is 0.462 e. The molecule has 0 aliphatic heterocycles. The molecular weight excluding hydrogens is 512 g/mol. The number of carbonyl (C=O) groups excluding carboxylic acids is 3. The number of rotatable bonds is 10. The molecule has 0 bridgehead atoms. The molecule has 0 saturated heterocycles. The summed E-state index contributed by atoms with van der Waals surface area (Å²) in [5, 5.41) is 10.8. The maximum Gasteiger partial charge on any atom is 0.348 e. The van der Waals surface area contributed by atoms with Crippen LogP contribution in [0, 0.1) is 18.3 Å². The predicted molar refractivity (Wildman–Crippen MR) is 151 cm³/mol. The molecule has 0 atom stereocenters. The number of esters is 2. The molecule has 2 aromatic heterocycles. The quantitative estimate of drug-likeness (QED) is 0.136. The van der Waals surface area contributed by atoms with Crippen LogP contribution in [0.4, 0.5) is 0 Å². The van der Waals surface area contributed by atoms with Gasteiger partial charge in [-0.25, -0.2) is 9.59 Å². The second-order valence-electron chi connectivity index (χ2n) is 8.78. The van der Waals surface area contributed by atoms with E-state index in [1.165, 1.54) is 0 Å². The SMILES string of the molecule is CCOC(=O)c1sc(CC(=O)/C(C#N)=C/c2cn(Cc3ccccc3)c3ccccc23)c(C(=O)OCC)c1C. The zero-order chi connectivity index (χ0) is 27.9. The lowest BCUT2D eigenvalue weighted by molar-refractivity contribution is -0.114. The first-order valence-electron chi connectivity index (χ1n) is 12.6. The number of thiophene rings is 1. The summed E-state index contributed by atoms with van der Waals surface area (Å²) >= 11 is 1.02. The van der Waals surface area contributed by atoms with E-state index in [2.05, 4.69) is 4.57 Å². The van der Waals surface area contributed by atoms with Crippen LogP contribution >= 0.6 is 11.3 Å². The maximum absolute atomic E-state index is 13.4. The van der Waals surface area contributed by atoms with Crippen LogP contribution in [0.2, 0.25) is 0 Å². The monoisotopic (exact) mass is 540 g/mol. The van der Waals surface area contributed by atoms with Gasteiger partial charge in [0, 0.05) is 40.5 Å². The summed E-state index contributed by atoms with van der Waals surface area (Å²) in [4.78, 5) is 39.2. The van der Waals surface area contributed by atoms with Crippen LogP contribution in [0.3, 0.4) is 0 Å². The molecule has 0 fully saturated rings. The molecule has 39 heavy (non-hydrogen) atoms. The Kier molecular flexibility index (Phi) is 8.74. The molecule has 7 nitrogen and oxygen atoms in total. The number of benzene rings is 2. The van der Waals surface area contributed by atoms with Crippen molar-refractivity contribution in [1.82, 2.24) is 4.57 Å². The highest BCUT2D eigenvalue weighted by Crippen LogP contribution is 2.31. The normalized spacial score (nSPS) is 11.3. The maximum atomic E-state index is 13.4. The van der Waals surface area contributed by atoms with Crippen LogP contribution in [0.1, 0.15) is 55.4 Å². The minimum absolute atomic E-state index is 0.0452. The minimum Gasteiger partial charge on any atom is -0.462 e. The minimum atomic E-state index is -0.615. The molecular formula is C31H28N2O5S. The molecule has 0 spiro atoms. The van der Waals surface area contributed by atoms with Gasteiger partial charge in [-0.2, -0.15) is 5.26 Å². The van der Waals surface area contributed by atoms with Crippen molar-refractivity contribution in [3.8, 4) is 6.07 Å². The number of ketones is 1. The van der Waals surface area contributed by atoms with Crippen LogP contribution in [0.5, 0.6) is 0 Å². The lowest BCUT2D eigenvalue weighted by Crippen LogP contribution is -2.12. The Bertz CT molecular complexity index is 1610. The highest BCUT2D eigenvalue weighted by molar-refractivity contribution is 7.14. The molecule has 0 saturated carbocycles. The number of hydrogen-bond donors (Lipinski definition) is 0. The molecule has 8 heteroatoms. The fraction of sp³-hybridized carbons (Fsp3) is 0.226. The first-order chi connectivity index (χ1) is 18.9. The van der Waals surface area contributed by atoms with Gasteiger partial charge in [-0.15, -0.1) is 11.3 Å². The van der Waals surface area contributed by atoms with Crippen molar-refractivity contribution in [1.29, 1.82) is 5.26 Å². The van der Waals surface area contributed by atoms with Crippen molar-refractivity contribution >= 4 is 46.0 Å². The zero-order valence-electron chi connectivity index (χ0n) is 22.0. The summed E-state index contributed by atoms with van der Waals surface area (Å²) in [6, 6.07) is 19.9. The fourth-order valence-electron chi connectivity index (χ4n) is 4.43. The average Bonchev–Trinajstić information content (AvgIpc) is 3.44. The number of Topliss-reactive ketones (excluding diaryl/α,β-unsaturated/α-hetero) is 1. The highest BCUT2D eigenvalue weighted by Gasteiger charge is 2.28. The summed E-state index contributed by atoms with van der Waals surface area (Å²) < 4.78 is 12.4. The smallest absolute Gasteiger partial charge is 0.348 e. The first-order valence-corrected chi connectivity index (χ1v) is 13.4. The standard InChI is InChI=1S/C31H28N2O5S/c1-4-37-30(35)28-20(3)29(31(36)38-5-2)39-27(28)16-26(34)22(17-32)15-23-19-33(18-21-11-7-6-8-12-21)25-14-10-9-13-24(23)25/h6-15,19H,4-5,16,18H2,1-3H3/b22-15+. The number of para-hydroxylation sites is 1. The van der Waals surface area contributed by atoms with Crippen LogP contribution in [-0.2, 0) is 27.2 Å². The molecule has 0 N–H and O–H groups in total. The van der Waals surface area contributed by atoms with Gasteiger partial charge in [0.1, 0.15) is 10.9 Å². The van der Waals surface area contributed by atoms with E-state index >= 15 is 0 Å². The number of carbonyl (C=O) groups is 3. The Morgan fingerprint density at radius 2 is 1.64 bits per heavy atom. The van der Waals surface area contributed by atoms with E-state index in [-0.39, 0.29) is 35.6 Å². The van der Waals surface area contributed by atoms with Gasteiger partial charge in [-0.1, -0.05) is 48.5 Å². The van der Waals surface area contributed by atoms with E-state index in [1.54, 1.807) is 26.8 Å². The molecule has 198 valence electrons. The van der Waals surface area contributed by atoms with Crippen molar-refractivity contribution < 1.29 is 23.9 Å². The number of aromatic nitrogens is 1. The van der Waals surface area contributed by atoms with Crippen molar-refractivity contribution in [2.24, 2.45) is 0 Å². The van der Waals surface area contributed by atoms with Gasteiger partial charge < -0.3 is 14.0 Å². The third-order valence-electron chi connectivity index (χ3n) is 6.22. The number of allylic oxidation sites excluding steroid dienone is 1. The molecule has 0 aliphatic carbocycles. The Balaban J connectivity index is 1.70. The van der Waals surface area contributed by atoms with Crippen LogP contribution in [-0.4, -0.2) is 35.5 Å². The summed E-state index contributed by atoms with van der Waals surface area (Å²) in [5.74, 6) is -1.64. The number of nitriles is 1. The summed E-state index contributed by atoms with van der Waals surface area (Å²) in [6.07, 6.45) is 3.30. The summed E-state index contributed by atoms with van der Waals surface area (Å²) in [7, 11) is 0. The molecule has 0 radical (unpaired) electrons. The van der Waals surface area contributed by atoms with Gasteiger partial charge in [0.25, 0.3) is 0 Å². The van der Waals surface area contributed by atoms with E-state index in [1.807, 2.05) is 66.9 Å². The van der Waals surface area contributed by atoms with Gasteiger partial charge in [0.05, 0.1) is 24.4 Å². The Morgan fingerprint density at radius 1 is 0.974 bits per heavy atom. The summed E-state index contributed by atoms with van der Waals surface area (Å²) in [5.41, 5.74) is 3.39. The van der Waals surface area contributed by atoms with E-state index < -0.39 is 17.7 Å². The topological polar surface area (TPSA) is 98.4 Å². The second-order valence-corrected chi connectivity index (χ2v) is 9.89. The Hall–Kier alpha value is -4.48. The lowest BCUT2D eigenvalue weighted by Gasteiger charge is -2.05. The molecule has 4 rings (SSSR count). The van der Waals surface area contributed by atoms with E-state index in [0.717, 1.165) is 33.4 Å². The molecule has 2 aromatic carbocycles. The Morgan fingerprint density at radius 3 is 2.33 bits per heavy atom. The van der Waals surface area contributed by atoms with Gasteiger partial charge in [-0.05, 0) is 44.0 Å². The van der Waals surface area contributed by atoms with Crippen molar-refractivity contribution in [2.75, 3.05) is 13.2 Å². The molecule has 4 aromatic rings. The third-order valence-corrected chi connectivity index (χ3v) is 7.49. The number of hydrogen-bond acceptors (Lipinski definition) is 7. The average molecular weight is 541 g/mol. The van der Waals surface area contributed by atoms with Crippen molar-refractivity contribution in [3.63, 3.8) is 0 Å². The van der Waals surface area contributed by atoms with E-state index in [0.29, 0.717) is 17.0 Å². The van der Waals surface area contributed by atoms with Crippen LogP contribution < -0.4 is 0 Å². The number of nitrogens with zero attached hydrogens (tertiary/aromatic N) is 2. The number of fused-ring (bicyclic) bond motifs is 1. The van der Waals surface area contributed by atoms with Crippen molar-refractivity contribution in [3.05, 3.63) is 98.4 Å². The Labute approximate surface area is 230 Å². The van der Waals surface area contributed by atoms with Gasteiger partial charge in [0.2, 0.25) is 0 Å². The van der Waals surface area contributed by atoms with Crippen molar-refractivity contribution in [2.45, 2.75) is 33.7 Å². The van der Waals surface area contributed by atoms with Gasteiger partial charge in [-0.3, -0.25) is 4.79 Å². The van der Waals surface area contributed by atoms with Crippen LogP contribution in [0.25, 0.3) is 17.0 Å². The number of ether oxygens (including phenoxy) is 2. The molecule has 0 amide bonds. The summed E-state index contributed by atoms with van der Waals surface area (Å²) in [6.45, 7) is 5.97. The van der Waals surface area contributed by atoms with Crippen LogP contribution in [0.15, 0.2) is 66.4 Å². The van der Waals surface area contributed by atoms with Gasteiger partial charge in [0.15, 0.2) is 5.78 Å². The predicted octanol–water partition coefficient (Wildman–Crippen LogP) is 6.13. The molecule has 0 aliphatic rings. The first kappa shape index (κ1) is 27.6. The second kappa shape index (κ2) is 12.4. The molecule has 0 unspecified atom stereocenters. The zero-order valence-corrected chi connectivity index (χ0v) is 22.8. The lowest BCUT2D eigenvalue weighted by atomic mass is 10.0. The highest BCUT2D eigenvalue weighted by atomic mass is 32.1. The van der Waals surface area contributed by atoms with E-state index in [4.69, 9.17) is 9.47 Å². The van der Waals surface area contributed by atoms with E-state index in [9.17, 15) is 19.6 Å². The van der Waals surface area contributed by atoms with Gasteiger partial charge >= 0.3 is 11.9 Å².